The summed E-state index contributed by atoms with van der Waals surface area (Å²) in [6.07, 6.45) is 4.99. The lowest BCUT2D eigenvalue weighted by Crippen LogP contribution is -2.48. The normalized spacial score (nSPS) is 19.2. The predicted molar refractivity (Wildman–Crippen MR) is 140 cm³/mol. The molecule has 1 amide bonds. The Morgan fingerprint density at radius 1 is 0.972 bits per heavy atom. The molecule has 2 saturated heterocycles. The molecule has 8 heteroatoms. The average Bonchev–Trinajstić information content (AvgIpc) is 3.65. The van der Waals surface area contributed by atoms with Crippen molar-refractivity contribution < 1.29 is 4.79 Å². The van der Waals surface area contributed by atoms with Gasteiger partial charge < -0.3 is 9.80 Å². The number of benzene rings is 2. The highest BCUT2D eigenvalue weighted by Gasteiger charge is 2.44. The van der Waals surface area contributed by atoms with E-state index in [0.717, 1.165) is 69.6 Å². The minimum atomic E-state index is 0.171. The molecule has 0 unspecified atom stereocenters. The number of fused-ring (bicyclic) bond motifs is 4. The Bertz CT molecular complexity index is 1650. The molecule has 0 spiro atoms. The number of nitrogens with zero attached hydrogens (tertiary/aromatic N) is 7. The van der Waals surface area contributed by atoms with E-state index >= 15 is 0 Å². The van der Waals surface area contributed by atoms with E-state index < -0.39 is 0 Å². The average molecular weight is 478 g/mol. The summed E-state index contributed by atoms with van der Waals surface area (Å²) in [5.41, 5.74) is 6.15. The molecule has 3 aromatic heterocycles. The predicted octanol–water partition coefficient (Wildman–Crippen LogP) is 4.09. The van der Waals surface area contributed by atoms with Gasteiger partial charge in [0.05, 0.1) is 35.0 Å². The number of anilines is 1. The van der Waals surface area contributed by atoms with E-state index in [2.05, 4.69) is 59.5 Å². The maximum absolute atomic E-state index is 11.9. The molecule has 5 aromatic rings. The van der Waals surface area contributed by atoms with Crippen LogP contribution in [0, 0.1) is 6.92 Å². The van der Waals surface area contributed by atoms with E-state index in [0.29, 0.717) is 12.1 Å². The number of aryl methyl sites for hydroxylation is 2. The lowest BCUT2D eigenvalue weighted by molar-refractivity contribution is -0.129. The molecular weight excluding hydrogens is 450 g/mol. The number of pyridine rings is 1. The maximum Gasteiger partial charge on any atom is 0.219 e. The highest BCUT2D eigenvalue weighted by Crippen LogP contribution is 2.36. The van der Waals surface area contributed by atoms with Gasteiger partial charge in [0.25, 0.3) is 0 Å². The van der Waals surface area contributed by atoms with Crippen molar-refractivity contribution in [2.75, 3.05) is 18.0 Å². The number of aromatic nitrogens is 5. The zero-order valence-electron chi connectivity index (χ0n) is 20.6. The second-order valence-corrected chi connectivity index (χ2v) is 10.0. The summed E-state index contributed by atoms with van der Waals surface area (Å²) >= 11 is 0. The molecule has 2 bridgehead atoms. The van der Waals surface area contributed by atoms with Crippen molar-refractivity contribution in [2.24, 2.45) is 7.05 Å². The second kappa shape index (κ2) is 7.65. The fourth-order valence-corrected chi connectivity index (χ4v) is 6.10. The molecule has 2 aliphatic heterocycles. The number of hydrogen-bond acceptors (Lipinski definition) is 5. The first-order valence-electron chi connectivity index (χ1n) is 12.4. The molecule has 8 nitrogen and oxygen atoms in total. The summed E-state index contributed by atoms with van der Waals surface area (Å²) < 4.78 is 3.86. The van der Waals surface area contributed by atoms with E-state index in [9.17, 15) is 4.79 Å². The highest BCUT2D eigenvalue weighted by molar-refractivity contribution is 6.03. The monoisotopic (exact) mass is 477 g/mol. The molecule has 2 fully saturated rings. The number of likely N-dealkylation sites (tertiary alicyclic amines) is 1. The Kier molecular flexibility index (Phi) is 4.49. The number of carbonyl (C=O) groups excluding carboxylic acids is 1. The minimum absolute atomic E-state index is 0.171. The number of para-hydroxylation sites is 1. The smallest absolute Gasteiger partial charge is 0.219 e. The second-order valence-electron chi connectivity index (χ2n) is 10.0. The Hall–Kier alpha value is -4.20. The van der Waals surface area contributed by atoms with Crippen LogP contribution in [0.3, 0.4) is 0 Å². The topological polar surface area (TPSA) is 72.1 Å². The number of amides is 1. The van der Waals surface area contributed by atoms with Crippen molar-refractivity contribution in [3.8, 4) is 16.9 Å². The highest BCUT2D eigenvalue weighted by atomic mass is 16.2. The van der Waals surface area contributed by atoms with Crippen molar-refractivity contribution in [1.82, 2.24) is 29.4 Å². The number of piperazine rings is 1. The molecule has 0 N–H and O–H groups in total. The first kappa shape index (κ1) is 21.1. The van der Waals surface area contributed by atoms with Gasteiger partial charge in [-0.2, -0.15) is 10.2 Å². The molecule has 180 valence electrons. The lowest BCUT2D eigenvalue weighted by Gasteiger charge is -2.34. The van der Waals surface area contributed by atoms with E-state index in [-0.39, 0.29) is 5.91 Å². The van der Waals surface area contributed by atoms with Crippen LogP contribution < -0.4 is 4.90 Å². The van der Waals surface area contributed by atoms with Crippen LogP contribution in [0.4, 0.5) is 5.82 Å². The molecule has 7 rings (SSSR count). The Morgan fingerprint density at radius 3 is 2.58 bits per heavy atom. The fourth-order valence-electron chi connectivity index (χ4n) is 6.10. The van der Waals surface area contributed by atoms with E-state index in [1.165, 1.54) is 0 Å². The van der Waals surface area contributed by atoms with Crippen molar-refractivity contribution in [1.29, 1.82) is 0 Å². The summed E-state index contributed by atoms with van der Waals surface area (Å²) in [7, 11) is 1.95. The Balaban J connectivity index is 1.30. The third-order valence-corrected chi connectivity index (χ3v) is 7.74. The molecule has 0 radical (unpaired) electrons. The fraction of sp³-hybridized carbons (Fsp3) is 0.286. The van der Waals surface area contributed by atoms with Crippen LogP contribution in [0.15, 0.2) is 60.9 Å². The summed E-state index contributed by atoms with van der Waals surface area (Å²) in [6, 6.07) is 17.4. The standard InChI is InChI=1S/C28H27N7O/c1-17-6-4-8-23-27(22-7-5-9-25-24(22)16-32(3)30-25)31-35(28(17)23)19-10-11-26(29-13-19)34-15-20-12-21(34)14-33(20)18(2)36/h4-11,13,16,20-21H,12,14-15H2,1-3H3/t20-,21-/m1/s1. The largest absolute Gasteiger partial charge is 0.350 e. The van der Waals surface area contributed by atoms with Gasteiger partial charge in [-0.05, 0) is 37.1 Å². The van der Waals surface area contributed by atoms with Gasteiger partial charge >= 0.3 is 0 Å². The number of carbonyl (C=O) groups is 1. The van der Waals surface area contributed by atoms with E-state index in [1.54, 1.807) is 6.92 Å². The van der Waals surface area contributed by atoms with Gasteiger partial charge in [0.2, 0.25) is 5.91 Å². The molecule has 5 heterocycles. The van der Waals surface area contributed by atoms with Gasteiger partial charge in [-0.1, -0.05) is 30.3 Å². The number of rotatable bonds is 3. The maximum atomic E-state index is 11.9. The zero-order valence-corrected chi connectivity index (χ0v) is 20.6. The van der Waals surface area contributed by atoms with E-state index in [4.69, 9.17) is 10.1 Å². The molecule has 2 aliphatic rings. The van der Waals surface area contributed by atoms with Crippen molar-refractivity contribution in [2.45, 2.75) is 32.4 Å². The van der Waals surface area contributed by atoms with Gasteiger partial charge in [-0.25, -0.2) is 9.67 Å². The third-order valence-electron chi connectivity index (χ3n) is 7.74. The van der Waals surface area contributed by atoms with Gasteiger partial charge in [-0.3, -0.25) is 9.48 Å². The summed E-state index contributed by atoms with van der Waals surface area (Å²) in [4.78, 5) is 21.1. The molecule has 0 saturated carbocycles. The minimum Gasteiger partial charge on any atom is -0.350 e. The third kappa shape index (κ3) is 3.07. The molecule has 36 heavy (non-hydrogen) atoms. The lowest BCUT2D eigenvalue weighted by atomic mass is 10.0. The first-order valence-corrected chi connectivity index (χ1v) is 12.4. The van der Waals surface area contributed by atoms with E-state index in [1.807, 2.05) is 39.6 Å². The Morgan fingerprint density at radius 2 is 1.83 bits per heavy atom. The van der Waals surface area contributed by atoms with Crippen LogP contribution in [0.2, 0.25) is 0 Å². The van der Waals surface area contributed by atoms with Crippen molar-refractivity contribution in [3.05, 3.63) is 66.5 Å². The molecule has 2 atom stereocenters. The SMILES string of the molecule is CC(=O)N1C[C@H]2C[C@@H]1CN2c1ccc(-n2nc(-c3cccc4nn(C)cc34)c3cccc(C)c32)cn1. The van der Waals surface area contributed by atoms with Crippen LogP contribution in [0.5, 0.6) is 0 Å². The van der Waals surface area contributed by atoms with Crippen molar-refractivity contribution in [3.63, 3.8) is 0 Å². The van der Waals surface area contributed by atoms with Gasteiger partial charge in [0.15, 0.2) is 0 Å². The molecule has 0 aliphatic carbocycles. The number of hydrogen-bond donors (Lipinski definition) is 0. The van der Waals surface area contributed by atoms with Crippen molar-refractivity contribution >= 4 is 33.5 Å². The Labute approximate surface area is 208 Å². The molecular formula is C28H27N7O. The summed E-state index contributed by atoms with van der Waals surface area (Å²) in [5, 5.41) is 11.9. The summed E-state index contributed by atoms with van der Waals surface area (Å²) in [6.45, 7) is 5.42. The quantitative estimate of drug-likeness (QED) is 0.391. The summed E-state index contributed by atoms with van der Waals surface area (Å²) in [5.74, 6) is 1.13. The first-order chi connectivity index (χ1) is 17.5. The van der Waals surface area contributed by atoms with Crippen LogP contribution in [0.1, 0.15) is 18.9 Å². The van der Waals surface area contributed by atoms with Crippen LogP contribution >= 0.6 is 0 Å². The van der Waals surface area contributed by atoms with Crippen LogP contribution in [-0.2, 0) is 11.8 Å². The van der Waals surface area contributed by atoms with Gasteiger partial charge in [0, 0.05) is 49.6 Å². The van der Waals surface area contributed by atoms with Crippen LogP contribution in [0.25, 0.3) is 38.8 Å². The van der Waals surface area contributed by atoms with Gasteiger partial charge in [0.1, 0.15) is 11.5 Å². The van der Waals surface area contributed by atoms with Crippen LogP contribution in [-0.4, -0.2) is 60.5 Å². The van der Waals surface area contributed by atoms with Gasteiger partial charge in [-0.15, -0.1) is 0 Å². The molecule has 2 aromatic carbocycles. The zero-order chi connectivity index (χ0) is 24.6.